The molecule has 8 heteroatoms. The van der Waals surface area contributed by atoms with Crippen molar-refractivity contribution in [3.63, 3.8) is 0 Å². The van der Waals surface area contributed by atoms with Crippen LogP contribution in [0.3, 0.4) is 0 Å². The van der Waals surface area contributed by atoms with E-state index < -0.39 is 10.8 Å². The number of rotatable bonds is 5. The maximum absolute atomic E-state index is 12.7. The number of nitrogens with one attached hydrogen (secondary N) is 1. The first kappa shape index (κ1) is 19.3. The summed E-state index contributed by atoms with van der Waals surface area (Å²) in [6, 6.07) is 9.79. The predicted molar refractivity (Wildman–Crippen MR) is 105 cm³/mol. The van der Waals surface area contributed by atoms with Crippen molar-refractivity contribution >= 4 is 28.9 Å². The van der Waals surface area contributed by atoms with Crippen LogP contribution in [0, 0.1) is 29.9 Å². The summed E-state index contributed by atoms with van der Waals surface area (Å²) in [5.41, 5.74) is 3.06. The van der Waals surface area contributed by atoms with Gasteiger partial charge in [-0.1, -0.05) is 17.7 Å². The fraction of sp³-hybridized carbons (Fsp3) is 0.300. The van der Waals surface area contributed by atoms with Gasteiger partial charge in [0.1, 0.15) is 5.75 Å². The lowest BCUT2D eigenvalue weighted by Crippen LogP contribution is -2.28. The van der Waals surface area contributed by atoms with Gasteiger partial charge in [0.25, 0.3) is 5.69 Å². The minimum absolute atomic E-state index is 0.0664. The second-order valence-electron chi connectivity index (χ2n) is 6.83. The highest BCUT2D eigenvalue weighted by molar-refractivity contribution is 6.04. The van der Waals surface area contributed by atoms with Crippen LogP contribution in [-0.4, -0.2) is 30.4 Å². The number of hydrogen-bond acceptors (Lipinski definition) is 5. The van der Waals surface area contributed by atoms with E-state index in [-0.39, 0.29) is 36.2 Å². The number of nitro benzene ring substituents is 1. The van der Waals surface area contributed by atoms with Crippen LogP contribution in [0.1, 0.15) is 17.5 Å². The minimum Gasteiger partial charge on any atom is -0.494 e. The van der Waals surface area contributed by atoms with Crippen LogP contribution in [0.15, 0.2) is 36.4 Å². The standard InChI is InChI=1S/C20H21N3O5/c1-12-4-6-16(13(2)8-12)21-20(25)14-9-19(24)22(11-14)17-7-5-15(23(26)27)10-18(17)28-3/h4-8,10,14H,9,11H2,1-3H3,(H,21,25)/t14-/m1/s1. The zero-order valence-corrected chi connectivity index (χ0v) is 15.9. The topological polar surface area (TPSA) is 102 Å². The first-order chi connectivity index (χ1) is 13.3. The van der Waals surface area contributed by atoms with E-state index in [0.29, 0.717) is 5.69 Å². The molecule has 0 aromatic heterocycles. The number of aryl methyl sites for hydroxylation is 2. The Labute approximate surface area is 162 Å². The summed E-state index contributed by atoms with van der Waals surface area (Å²) < 4.78 is 5.22. The van der Waals surface area contributed by atoms with Gasteiger partial charge in [-0.3, -0.25) is 19.7 Å². The molecule has 2 aromatic carbocycles. The number of nitrogens with zero attached hydrogens (tertiary/aromatic N) is 2. The maximum atomic E-state index is 12.7. The van der Waals surface area contributed by atoms with Crippen molar-refractivity contribution in [1.29, 1.82) is 0 Å². The molecule has 1 atom stereocenters. The number of benzene rings is 2. The summed E-state index contributed by atoms with van der Waals surface area (Å²) in [5, 5.41) is 13.8. The Hall–Kier alpha value is -3.42. The summed E-state index contributed by atoms with van der Waals surface area (Å²) in [7, 11) is 1.38. The summed E-state index contributed by atoms with van der Waals surface area (Å²) in [6.45, 7) is 4.07. The molecule has 0 radical (unpaired) electrons. The largest absolute Gasteiger partial charge is 0.494 e. The van der Waals surface area contributed by atoms with E-state index in [1.165, 1.54) is 30.2 Å². The smallest absolute Gasteiger partial charge is 0.273 e. The van der Waals surface area contributed by atoms with Gasteiger partial charge < -0.3 is 15.0 Å². The second-order valence-corrected chi connectivity index (χ2v) is 6.83. The molecule has 1 saturated heterocycles. The van der Waals surface area contributed by atoms with Crippen LogP contribution < -0.4 is 15.0 Å². The molecule has 1 aliphatic rings. The van der Waals surface area contributed by atoms with Gasteiger partial charge in [0.2, 0.25) is 11.8 Å². The normalized spacial score (nSPS) is 16.2. The Morgan fingerprint density at radius 3 is 2.64 bits per heavy atom. The molecule has 0 spiro atoms. The first-order valence-electron chi connectivity index (χ1n) is 8.81. The van der Waals surface area contributed by atoms with Crippen LogP contribution in [-0.2, 0) is 9.59 Å². The molecule has 1 N–H and O–H groups in total. The van der Waals surface area contributed by atoms with E-state index in [1.807, 2.05) is 32.0 Å². The number of methoxy groups -OCH3 is 1. The number of ether oxygens (including phenoxy) is 1. The van der Waals surface area contributed by atoms with Gasteiger partial charge >= 0.3 is 0 Å². The first-order valence-corrected chi connectivity index (χ1v) is 8.81. The van der Waals surface area contributed by atoms with Gasteiger partial charge in [-0.15, -0.1) is 0 Å². The lowest BCUT2D eigenvalue weighted by molar-refractivity contribution is -0.384. The third-order valence-electron chi connectivity index (χ3n) is 4.80. The molecule has 2 aromatic rings. The van der Waals surface area contributed by atoms with Crippen molar-refractivity contribution in [2.75, 3.05) is 23.9 Å². The summed E-state index contributed by atoms with van der Waals surface area (Å²) >= 11 is 0. The van der Waals surface area contributed by atoms with Gasteiger partial charge in [-0.25, -0.2) is 0 Å². The third-order valence-corrected chi connectivity index (χ3v) is 4.80. The number of nitro groups is 1. The third kappa shape index (κ3) is 3.80. The maximum Gasteiger partial charge on any atom is 0.273 e. The Kier molecular flexibility index (Phi) is 5.30. The van der Waals surface area contributed by atoms with Gasteiger partial charge in [0.15, 0.2) is 0 Å². The number of hydrogen-bond donors (Lipinski definition) is 1. The molecule has 1 fully saturated rings. The van der Waals surface area contributed by atoms with Gasteiger partial charge in [-0.05, 0) is 31.5 Å². The molecule has 1 aliphatic heterocycles. The summed E-state index contributed by atoms with van der Waals surface area (Å²) in [4.78, 5) is 37.0. The number of carbonyl (C=O) groups excluding carboxylic acids is 2. The highest BCUT2D eigenvalue weighted by Crippen LogP contribution is 2.36. The van der Waals surface area contributed by atoms with Crippen molar-refractivity contribution < 1.29 is 19.2 Å². The predicted octanol–water partition coefficient (Wildman–Crippen LogP) is 3.21. The van der Waals surface area contributed by atoms with Crippen LogP contribution >= 0.6 is 0 Å². The fourth-order valence-electron chi connectivity index (χ4n) is 3.31. The zero-order valence-electron chi connectivity index (χ0n) is 15.9. The van der Waals surface area contributed by atoms with E-state index >= 15 is 0 Å². The zero-order chi connectivity index (χ0) is 20.4. The fourth-order valence-corrected chi connectivity index (χ4v) is 3.31. The molecule has 2 amide bonds. The van der Waals surface area contributed by atoms with E-state index in [9.17, 15) is 19.7 Å². The van der Waals surface area contributed by atoms with Crippen LogP contribution in [0.2, 0.25) is 0 Å². The molecular formula is C20H21N3O5. The van der Waals surface area contributed by atoms with Crippen molar-refractivity contribution in [2.24, 2.45) is 5.92 Å². The number of carbonyl (C=O) groups is 2. The molecule has 8 nitrogen and oxygen atoms in total. The van der Waals surface area contributed by atoms with E-state index in [0.717, 1.165) is 16.8 Å². The molecule has 0 unspecified atom stereocenters. The molecule has 1 heterocycles. The molecule has 0 aliphatic carbocycles. The minimum atomic E-state index is -0.530. The van der Waals surface area contributed by atoms with Gasteiger partial charge in [-0.2, -0.15) is 0 Å². The molecule has 28 heavy (non-hydrogen) atoms. The lowest BCUT2D eigenvalue weighted by atomic mass is 10.1. The summed E-state index contributed by atoms with van der Waals surface area (Å²) in [6.07, 6.45) is 0.0664. The average Bonchev–Trinajstić information content (AvgIpc) is 3.05. The monoisotopic (exact) mass is 383 g/mol. The average molecular weight is 383 g/mol. The van der Waals surface area contributed by atoms with E-state index in [1.54, 1.807) is 0 Å². The van der Waals surface area contributed by atoms with Crippen LogP contribution in [0.25, 0.3) is 0 Å². The van der Waals surface area contributed by atoms with Crippen molar-refractivity contribution in [3.8, 4) is 5.75 Å². The highest BCUT2D eigenvalue weighted by Gasteiger charge is 2.36. The van der Waals surface area contributed by atoms with Gasteiger partial charge in [0.05, 0.1) is 29.7 Å². The van der Waals surface area contributed by atoms with Crippen molar-refractivity contribution in [1.82, 2.24) is 0 Å². The van der Waals surface area contributed by atoms with Gasteiger partial charge in [0, 0.05) is 24.7 Å². The van der Waals surface area contributed by atoms with Crippen molar-refractivity contribution in [2.45, 2.75) is 20.3 Å². The van der Waals surface area contributed by atoms with E-state index in [2.05, 4.69) is 5.32 Å². The number of anilines is 2. The SMILES string of the molecule is COc1cc([N+](=O)[O-])ccc1N1C[C@H](C(=O)Nc2ccc(C)cc2C)CC1=O. The van der Waals surface area contributed by atoms with E-state index in [4.69, 9.17) is 4.74 Å². The molecule has 0 saturated carbocycles. The Bertz CT molecular complexity index is 957. The van der Waals surface area contributed by atoms with Crippen LogP contribution in [0.5, 0.6) is 5.75 Å². The number of amides is 2. The lowest BCUT2D eigenvalue weighted by Gasteiger charge is -2.19. The molecule has 3 rings (SSSR count). The Morgan fingerprint density at radius 1 is 1.25 bits per heavy atom. The highest BCUT2D eigenvalue weighted by atomic mass is 16.6. The second kappa shape index (κ2) is 7.67. The number of non-ortho nitro benzene ring substituents is 1. The Morgan fingerprint density at radius 2 is 2.00 bits per heavy atom. The molecule has 0 bridgehead atoms. The van der Waals surface area contributed by atoms with Crippen LogP contribution in [0.4, 0.5) is 17.1 Å². The molecule has 146 valence electrons. The Balaban J connectivity index is 1.78. The quantitative estimate of drug-likeness (QED) is 0.631. The summed E-state index contributed by atoms with van der Waals surface area (Å²) in [5.74, 6) is -0.761. The molecular weight excluding hydrogens is 362 g/mol. The van der Waals surface area contributed by atoms with Crippen molar-refractivity contribution in [3.05, 3.63) is 57.6 Å².